The third-order valence-electron chi connectivity index (χ3n) is 10.5. The smallest absolute Gasteiger partial charge is 0.0159 e. The fourth-order valence-corrected chi connectivity index (χ4v) is 8.09. The summed E-state index contributed by atoms with van der Waals surface area (Å²) in [6.07, 6.45) is 2.31. The lowest BCUT2D eigenvalue weighted by atomic mass is 9.80. The summed E-state index contributed by atoms with van der Waals surface area (Å²) in [5.41, 5.74) is 15.4. The molecule has 1 aliphatic rings. The molecule has 8 aromatic rings. The Morgan fingerprint density at radius 3 is 1.43 bits per heavy atom. The highest BCUT2D eigenvalue weighted by atomic mass is 14.4. The number of rotatable bonds is 5. The lowest BCUT2D eigenvalue weighted by molar-refractivity contribution is 0.660. The summed E-state index contributed by atoms with van der Waals surface area (Å²) in [5, 5.41) is 5.11. The molecule has 0 radical (unpaired) electrons. The van der Waals surface area contributed by atoms with Gasteiger partial charge in [0.25, 0.3) is 0 Å². The maximum Gasteiger partial charge on any atom is 0.0159 e. The molecule has 0 saturated carbocycles. The van der Waals surface area contributed by atoms with Crippen molar-refractivity contribution >= 4 is 33.2 Å². The fourth-order valence-electron chi connectivity index (χ4n) is 8.09. The molecule has 0 unspecified atom stereocenters. The second-order valence-electron chi connectivity index (χ2n) is 13.7. The van der Waals surface area contributed by atoms with Crippen LogP contribution in [0.3, 0.4) is 0 Å². The maximum absolute atomic E-state index is 2.46. The molecule has 0 heteroatoms. The van der Waals surface area contributed by atoms with Gasteiger partial charge in [0.1, 0.15) is 0 Å². The van der Waals surface area contributed by atoms with E-state index in [2.05, 4.69) is 196 Å². The average Bonchev–Trinajstić information content (AvgIpc) is 3.39. The van der Waals surface area contributed by atoms with E-state index in [4.69, 9.17) is 0 Å². The largest absolute Gasteiger partial charge is 0.0622 e. The maximum atomic E-state index is 2.46. The molecule has 0 fully saturated rings. The van der Waals surface area contributed by atoms with Crippen molar-refractivity contribution in [3.63, 3.8) is 0 Å². The van der Waals surface area contributed by atoms with Crippen LogP contribution in [-0.4, -0.2) is 0 Å². The zero-order chi connectivity index (χ0) is 33.0. The van der Waals surface area contributed by atoms with Crippen molar-refractivity contribution in [2.75, 3.05) is 0 Å². The van der Waals surface area contributed by atoms with Crippen molar-refractivity contribution < 1.29 is 0 Å². The molecule has 49 heavy (non-hydrogen) atoms. The summed E-state index contributed by atoms with van der Waals surface area (Å²) in [5.74, 6) is 0. The molecule has 0 aliphatic heterocycles. The van der Waals surface area contributed by atoms with Crippen molar-refractivity contribution in [3.05, 3.63) is 204 Å². The van der Waals surface area contributed by atoms with Gasteiger partial charge in [0, 0.05) is 5.41 Å². The Labute approximate surface area is 288 Å². The Hall–Kier alpha value is -5.98. The predicted molar refractivity (Wildman–Crippen MR) is 210 cm³/mol. The van der Waals surface area contributed by atoms with Crippen molar-refractivity contribution in [1.82, 2.24) is 0 Å². The Morgan fingerprint density at radius 2 is 0.857 bits per heavy atom. The number of fused-ring (bicyclic) bond motifs is 5. The first-order chi connectivity index (χ1) is 24.1. The van der Waals surface area contributed by atoms with E-state index in [1.807, 2.05) is 0 Å². The molecule has 0 spiro atoms. The summed E-state index contributed by atoms with van der Waals surface area (Å²) in [6, 6.07) is 64.4. The van der Waals surface area contributed by atoms with Gasteiger partial charge in [-0.15, -0.1) is 0 Å². The molecule has 8 aromatic carbocycles. The monoisotopic (exact) mass is 624 g/mol. The van der Waals surface area contributed by atoms with Gasteiger partial charge < -0.3 is 0 Å². The molecule has 9 rings (SSSR count). The van der Waals surface area contributed by atoms with Crippen LogP contribution in [0.1, 0.15) is 41.7 Å². The molecule has 0 saturated heterocycles. The summed E-state index contributed by atoms with van der Waals surface area (Å²) in [7, 11) is 0. The third-order valence-corrected chi connectivity index (χ3v) is 10.5. The summed E-state index contributed by atoms with van der Waals surface area (Å²) >= 11 is 0. The van der Waals surface area contributed by atoms with Crippen LogP contribution in [0.2, 0.25) is 0 Å². The predicted octanol–water partition coefficient (Wildman–Crippen LogP) is 13.2. The minimum absolute atomic E-state index is 0.0510. The number of benzene rings is 8. The van der Waals surface area contributed by atoms with E-state index in [1.54, 1.807) is 0 Å². The van der Waals surface area contributed by atoms with E-state index in [-0.39, 0.29) is 5.41 Å². The summed E-state index contributed by atoms with van der Waals surface area (Å²) < 4.78 is 0. The zero-order valence-electron chi connectivity index (χ0n) is 27.8. The molecule has 0 N–H and O–H groups in total. The second-order valence-corrected chi connectivity index (χ2v) is 13.7. The molecule has 232 valence electrons. The van der Waals surface area contributed by atoms with Gasteiger partial charge in [-0.25, -0.2) is 0 Å². The molecule has 0 amide bonds. The van der Waals surface area contributed by atoms with Gasteiger partial charge in [0.2, 0.25) is 0 Å². The quantitative estimate of drug-likeness (QED) is 0.132. The van der Waals surface area contributed by atoms with Crippen LogP contribution in [0, 0.1) is 0 Å². The first-order valence-electron chi connectivity index (χ1n) is 17.2. The fraction of sp³-hybridized carbons (Fsp3) is 0.0612. The highest BCUT2D eigenvalue weighted by Crippen LogP contribution is 2.51. The molecule has 0 heterocycles. The highest BCUT2D eigenvalue weighted by molar-refractivity contribution is 6.21. The van der Waals surface area contributed by atoms with E-state index in [9.17, 15) is 0 Å². The molecule has 0 bridgehead atoms. The first-order valence-corrected chi connectivity index (χ1v) is 17.2. The van der Waals surface area contributed by atoms with Gasteiger partial charge in [-0.1, -0.05) is 184 Å². The Kier molecular flexibility index (Phi) is 6.92. The molecule has 0 aromatic heterocycles. The minimum atomic E-state index is -0.0510. The second kappa shape index (κ2) is 11.6. The van der Waals surface area contributed by atoms with Crippen LogP contribution in [0.4, 0.5) is 0 Å². The van der Waals surface area contributed by atoms with Gasteiger partial charge in [0.05, 0.1) is 0 Å². The van der Waals surface area contributed by atoms with E-state index in [1.165, 1.54) is 88.3 Å². The zero-order valence-corrected chi connectivity index (χ0v) is 27.8. The van der Waals surface area contributed by atoms with Crippen LogP contribution < -0.4 is 0 Å². The van der Waals surface area contributed by atoms with Gasteiger partial charge in [-0.2, -0.15) is 0 Å². The summed E-state index contributed by atoms with van der Waals surface area (Å²) in [4.78, 5) is 0. The lowest BCUT2D eigenvalue weighted by Crippen LogP contribution is -2.14. The SMILES string of the molecule is CC1(C)c2ccccc2-c2ccc(-c3c4ccccc4c(-c4ccc(C=C(c5ccccc5)c5ccccc5)cc4)c4ccccc34)cc21. The van der Waals surface area contributed by atoms with Crippen LogP contribution in [0.25, 0.3) is 66.6 Å². The van der Waals surface area contributed by atoms with Gasteiger partial charge in [-0.05, 0) is 100 Å². The number of hydrogen-bond donors (Lipinski definition) is 0. The highest BCUT2D eigenvalue weighted by Gasteiger charge is 2.35. The first kappa shape index (κ1) is 29.2. The average molecular weight is 625 g/mol. The van der Waals surface area contributed by atoms with Crippen molar-refractivity contribution in [2.24, 2.45) is 0 Å². The van der Waals surface area contributed by atoms with E-state index >= 15 is 0 Å². The molecule has 1 aliphatic carbocycles. The van der Waals surface area contributed by atoms with E-state index < -0.39 is 0 Å². The van der Waals surface area contributed by atoms with Crippen molar-refractivity contribution in [1.29, 1.82) is 0 Å². The summed E-state index contributed by atoms with van der Waals surface area (Å²) in [6.45, 7) is 4.73. The normalized spacial score (nSPS) is 12.9. The van der Waals surface area contributed by atoms with Crippen LogP contribution in [0.5, 0.6) is 0 Å². The standard InChI is InChI=1S/C49H36/c1-49(2)45-24-14-13-19-38(45)39-30-29-37(32-46(39)49)48-42-22-11-9-20-40(42)47(41-21-10-12-23-43(41)48)36-27-25-33(26-28-36)31-44(34-15-5-3-6-16-34)35-17-7-4-8-18-35/h3-32H,1-2H3. The van der Waals surface area contributed by atoms with Crippen molar-refractivity contribution in [2.45, 2.75) is 19.3 Å². The Morgan fingerprint density at radius 1 is 0.408 bits per heavy atom. The number of hydrogen-bond acceptors (Lipinski definition) is 0. The molecule has 0 nitrogen and oxygen atoms in total. The van der Waals surface area contributed by atoms with Gasteiger partial charge in [-0.3, -0.25) is 0 Å². The molecular formula is C49H36. The topological polar surface area (TPSA) is 0 Å². The van der Waals surface area contributed by atoms with Crippen molar-refractivity contribution in [3.8, 4) is 33.4 Å². The van der Waals surface area contributed by atoms with E-state index in [0.29, 0.717) is 0 Å². The van der Waals surface area contributed by atoms with Crippen LogP contribution in [-0.2, 0) is 5.41 Å². The van der Waals surface area contributed by atoms with E-state index in [0.717, 1.165) is 0 Å². The Balaban J connectivity index is 1.20. The Bertz CT molecular complexity index is 2430. The lowest BCUT2D eigenvalue weighted by Gasteiger charge is -2.23. The van der Waals surface area contributed by atoms with Crippen LogP contribution >= 0.6 is 0 Å². The molecule has 0 atom stereocenters. The molecular weight excluding hydrogens is 589 g/mol. The van der Waals surface area contributed by atoms with Crippen LogP contribution in [0.15, 0.2) is 176 Å². The van der Waals surface area contributed by atoms with Gasteiger partial charge in [0.15, 0.2) is 0 Å². The van der Waals surface area contributed by atoms with Gasteiger partial charge >= 0.3 is 0 Å². The minimum Gasteiger partial charge on any atom is -0.0622 e. The third kappa shape index (κ3) is 4.83.